The third-order valence-corrected chi connectivity index (χ3v) is 5.24. The van der Waals surface area contributed by atoms with Crippen LogP contribution in [0, 0.1) is 5.92 Å². The lowest BCUT2D eigenvalue weighted by molar-refractivity contribution is -0.119. The standard InChI is InChI=1S/C16H29N3O/c1-13(20)17-15-4-6-16(7-5-15)19-10-8-18(9-11-19)12-14-2-3-14/h14-16H,2-12H2,1H3,(H,17,20). The van der Waals surface area contributed by atoms with E-state index in [0.717, 1.165) is 24.8 Å². The van der Waals surface area contributed by atoms with E-state index in [1.54, 1.807) is 6.92 Å². The number of hydrogen-bond acceptors (Lipinski definition) is 3. The molecule has 1 saturated heterocycles. The summed E-state index contributed by atoms with van der Waals surface area (Å²) in [5.74, 6) is 1.15. The van der Waals surface area contributed by atoms with E-state index in [1.807, 2.05) is 0 Å². The third-order valence-electron chi connectivity index (χ3n) is 5.24. The van der Waals surface area contributed by atoms with Crippen LogP contribution in [-0.2, 0) is 4.79 Å². The van der Waals surface area contributed by atoms with Gasteiger partial charge in [-0.1, -0.05) is 0 Å². The van der Waals surface area contributed by atoms with Crippen molar-refractivity contribution in [1.29, 1.82) is 0 Å². The lowest BCUT2D eigenvalue weighted by atomic mass is 9.89. The Labute approximate surface area is 122 Å². The van der Waals surface area contributed by atoms with Crippen LogP contribution in [0.25, 0.3) is 0 Å². The number of piperazine rings is 1. The van der Waals surface area contributed by atoms with Crippen molar-refractivity contribution >= 4 is 5.91 Å². The number of nitrogens with zero attached hydrogens (tertiary/aromatic N) is 2. The molecule has 0 unspecified atom stereocenters. The van der Waals surface area contributed by atoms with E-state index in [1.165, 1.54) is 58.4 Å². The normalized spacial score (nSPS) is 33.0. The predicted octanol–water partition coefficient (Wildman–Crippen LogP) is 1.46. The van der Waals surface area contributed by atoms with E-state index in [9.17, 15) is 4.79 Å². The molecule has 3 fully saturated rings. The van der Waals surface area contributed by atoms with Crippen molar-refractivity contribution < 1.29 is 4.79 Å². The quantitative estimate of drug-likeness (QED) is 0.846. The van der Waals surface area contributed by atoms with E-state index in [-0.39, 0.29) is 5.91 Å². The molecule has 0 atom stereocenters. The number of carbonyl (C=O) groups excluding carboxylic acids is 1. The van der Waals surface area contributed by atoms with Crippen LogP contribution < -0.4 is 5.32 Å². The summed E-state index contributed by atoms with van der Waals surface area (Å²) in [5.41, 5.74) is 0. The van der Waals surface area contributed by atoms with Crippen LogP contribution in [-0.4, -0.2) is 60.5 Å². The number of hydrogen-bond donors (Lipinski definition) is 1. The molecule has 0 bridgehead atoms. The summed E-state index contributed by atoms with van der Waals surface area (Å²) >= 11 is 0. The van der Waals surface area contributed by atoms with Gasteiger partial charge in [0, 0.05) is 51.7 Å². The first kappa shape index (κ1) is 14.3. The molecule has 3 aliphatic rings. The Morgan fingerprint density at radius 1 is 1.00 bits per heavy atom. The Bertz CT molecular complexity index is 327. The maximum atomic E-state index is 11.1. The Balaban J connectivity index is 1.37. The van der Waals surface area contributed by atoms with E-state index in [4.69, 9.17) is 0 Å². The van der Waals surface area contributed by atoms with Crippen molar-refractivity contribution in [2.75, 3.05) is 32.7 Å². The minimum atomic E-state index is 0.127. The van der Waals surface area contributed by atoms with Crippen LogP contribution in [0.2, 0.25) is 0 Å². The van der Waals surface area contributed by atoms with E-state index < -0.39 is 0 Å². The molecule has 1 aliphatic heterocycles. The Morgan fingerprint density at radius 3 is 2.20 bits per heavy atom. The second-order valence-electron chi connectivity index (χ2n) is 6.99. The molecule has 1 heterocycles. The van der Waals surface area contributed by atoms with Gasteiger partial charge in [-0.05, 0) is 44.4 Å². The number of carbonyl (C=O) groups is 1. The fraction of sp³-hybridized carbons (Fsp3) is 0.938. The van der Waals surface area contributed by atoms with Crippen LogP contribution in [0.5, 0.6) is 0 Å². The molecule has 0 spiro atoms. The topological polar surface area (TPSA) is 35.6 Å². The highest BCUT2D eigenvalue weighted by Crippen LogP contribution is 2.30. The summed E-state index contributed by atoms with van der Waals surface area (Å²) in [6, 6.07) is 1.20. The summed E-state index contributed by atoms with van der Waals surface area (Å²) in [6.07, 6.45) is 7.76. The van der Waals surface area contributed by atoms with E-state index in [2.05, 4.69) is 15.1 Å². The van der Waals surface area contributed by atoms with Crippen molar-refractivity contribution in [2.45, 2.75) is 57.5 Å². The molecule has 1 amide bonds. The van der Waals surface area contributed by atoms with Gasteiger partial charge in [0.15, 0.2) is 0 Å². The highest BCUT2D eigenvalue weighted by Gasteiger charge is 2.30. The average molecular weight is 279 g/mol. The van der Waals surface area contributed by atoms with E-state index in [0.29, 0.717) is 6.04 Å². The average Bonchev–Trinajstić information content (AvgIpc) is 3.24. The van der Waals surface area contributed by atoms with Gasteiger partial charge in [-0.3, -0.25) is 9.69 Å². The molecule has 2 aliphatic carbocycles. The summed E-state index contributed by atoms with van der Waals surface area (Å²) < 4.78 is 0. The number of nitrogens with one attached hydrogen (secondary N) is 1. The zero-order chi connectivity index (χ0) is 13.9. The Kier molecular flexibility index (Phi) is 4.61. The Hall–Kier alpha value is -0.610. The smallest absolute Gasteiger partial charge is 0.217 e. The summed E-state index contributed by atoms with van der Waals surface area (Å²) in [6.45, 7) is 8.02. The molecule has 4 nitrogen and oxygen atoms in total. The summed E-state index contributed by atoms with van der Waals surface area (Å²) in [4.78, 5) is 16.5. The first-order valence-corrected chi connectivity index (χ1v) is 8.44. The van der Waals surface area contributed by atoms with Gasteiger partial charge >= 0.3 is 0 Å². The van der Waals surface area contributed by atoms with Gasteiger partial charge in [0.1, 0.15) is 0 Å². The van der Waals surface area contributed by atoms with Crippen molar-refractivity contribution in [1.82, 2.24) is 15.1 Å². The molecule has 0 aromatic heterocycles. The minimum Gasteiger partial charge on any atom is -0.354 e. The molecular formula is C16H29N3O. The van der Waals surface area contributed by atoms with Gasteiger partial charge < -0.3 is 10.2 Å². The fourth-order valence-electron chi connectivity index (χ4n) is 3.85. The molecule has 0 aromatic rings. The lowest BCUT2D eigenvalue weighted by Crippen LogP contribution is -2.52. The number of amides is 1. The maximum absolute atomic E-state index is 11.1. The third kappa shape index (κ3) is 3.95. The first-order chi connectivity index (χ1) is 9.70. The van der Waals surface area contributed by atoms with Gasteiger partial charge in [-0.25, -0.2) is 0 Å². The molecular weight excluding hydrogens is 250 g/mol. The second kappa shape index (κ2) is 6.44. The SMILES string of the molecule is CC(=O)NC1CCC(N2CCN(CC3CC3)CC2)CC1. The van der Waals surface area contributed by atoms with Crippen LogP contribution >= 0.6 is 0 Å². The van der Waals surface area contributed by atoms with E-state index >= 15 is 0 Å². The molecule has 0 aromatic carbocycles. The van der Waals surface area contributed by atoms with Crippen molar-refractivity contribution in [3.05, 3.63) is 0 Å². The van der Waals surface area contributed by atoms with Crippen LogP contribution in [0.3, 0.4) is 0 Å². The predicted molar refractivity (Wildman–Crippen MR) is 80.6 cm³/mol. The van der Waals surface area contributed by atoms with Crippen LogP contribution in [0.15, 0.2) is 0 Å². The molecule has 4 heteroatoms. The van der Waals surface area contributed by atoms with Crippen molar-refractivity contribution in [3.8, 4) is 0 Å². The highest BCUT2D eigenvalue weighted by atomic mass is 16.1. The van der Waals surface area contributed by atoms with Crippen molar-refractivity contribution in [2.24, 2.45) is 5.92 Å². The molecule has 20 heavy (non-hydrogen) atoms. The van der Waals surface area contributed by atoms with Crippen LogP contribution in [0.4, 0.5) is 0 Å². The fourth-order valence-corrected chi connectivity index (χ4v) is 3.85. The zero-order valence-electron chi connectivity index (χ0n) is 12.8. The molecule has 3 rings (SSSR count). The van der Waals surface area contributed by atoms with Gasteiger partial charge in [-0.2, -0.15) is 0 Å². The molecule has 1 N–H and O–H groups in total. The largest absolute Gasteiger partial charge is 0.354 e. The summed E-state index contributed by atoms with van der Waals surface area (Å²) in [7, 11) is 0. The van der Waals surface area contributed by atoms with Gasteiger partial charge in [0.05, 0.1) is 0 Å². The van der Waals surface area contributed by atoms with Crippen molar-refractivity contribution in [3.63, 3.8) is 0 Å². The van der Waals surface area contributed by atoms with Gasteiger partial charge in [0.25, 0.3) is 0 Å². The second-order valence-corrected chi connectivity index (χ2v) is 6.99. The number of rotatable bonds is 4. The van der Waals surface area contributed by atoms with Crippen LogP contribution in [0.1, 0.15) is 45.4 Å². The monoisotopic (exact) mass is 279 g/mol. The molecule has 0 radical (unpaired) electrons. The maximum Gasteiger partial charge on any atom is 0.217 e. The summed E-state index contributed by atoms with van der Waals surface area (Å²) in [5, 5.41) is 3.08. The Morgan fingerprint density at radius 2 is 1.65 bits per heavy atom. The molecule has 114 valence electrons. The van der Waals surface area contributed by atoms with Gasteiger partial charge in [0.2, 0.25) is 5.91 Å². The van der Waals surface area contributed by atoms with Gasteiger partial charge in [-0.15, -0.1) is 0 Å². The lowest BCUT2D eigenvalue weighted by Gasteiger charge is -2.42. The molecule has 2 saturated carbocycles. The first-order valence-electron chi connectivity index (χ1n) is 8.44. The highest BCUT2D eigenvalue weighted by molar-refractivity contribution is 5.73. The minimum absolute atomic E-state index is 0.127. The zero-order valence-corrected chi connectivity index (χ0v) is 12.8.